The third-order valence-electron chi connectivity index (χ3n) is 6.06. The Labute approximate surface area is 184 Å². The van der Waals surface area contributed by atoms with E-state index in [1.807, 2.05) is 6.08 Å². The quantitative estimate of drug-likeness (QED) is 0.682. The molecule has 2 aromatic rings. The molecular formula is C25H30N2O4. The third-order valence-corrected chi connectivity index (χ3v) is 6.06. The van der Waals surface area contributed by atoms with Crippen molar-refractivity contribution in [3.63, 3.8) is 0 Å². The van der Waals surface area contributed by atoms with Crippen LogP contribution in [0.4, 0.5) is 5.69 Å². The lowest BCUT2D eigenvalue weighted by atomic mass is 9.98. The zero-order chi connectivity index (χ0) is 21.8. The number of nitrogens with zero attached hydrogens (tertiary/aromatic N) is 2. The summed E-state index contributed by atoms with van der Waals surface area (Å²) >= 11 is 0. The van der Waals surface area contributed by atoms with Gasteiger partial charge in [-0.2, -0.15) is 0 Å². The molecule has 4 rings (SSSR count). The minimum atomic E-state index is -0.0632. The summed E-state index contributed by atoms with van der Waals surface area (Å²) in [5.41, 5.74) is 3.41. The summed E-state index contributed by atoms with van der Waals surface area (Å²) in [5, 5.41) is 0. The van der Waals surface area contributed by atoms with Gasteiger partial charge in [-0.05, 0) is 30.3 Å². The van der Waals surface area contributed by atoms with Crippen molar-refractivity contribution in [2.75, 3.05) is 58.5 Å². The highest BCUT2D eigenvalue weighted by Crippen LogP contribution is 2.38. The van der Waals surface area contributed by atoms with Gasteiger partial charge >= 0.3 is 0 Å². The molecule has 0 spiro atoms. The Kier molecular flexibility index (Phi) is 6.47. The summed E-state index contributed by atoms with van der Waals surface area (Å²) in [6.45, 7) is 8.04. The summed E-state index contributed by atoms with van der Waals surface area (Å²) in [6.07, 6.45) is 2.50. The number of hydrogen-bond donors (Lipinski definition) is 0. The molecule has 2 aromatic carbocycles. The molecule has 1 fully saturated rings. The van der Waals surface area contributed by atoms with Crippen LogP contribution in [-0.2, 0) is 0 Å². The third kappa shape index (κ3) is 4.54. The van der Waals surface area contributed by atoms with Crippen LogP contribution in [-0.4, -0.2) is 64.2 Å². The van der Waals surface area contributed by atoms with Gasteiger partial charge < -0.3 is 24.0 Å². The van der Waals surface area contributed by atoms with Crippen LogP contribution >= 0.6 is 0 Å². The van der Waals surface area contributed by atoms with Crippen LogP contribution in [0.15, 0.2) is 42.0 Å². The van der Waals surface area contributed by atoms with E-state index in [1.54, 1.807) is 26.4 Å². The number of rotatable bonds is 5. The standard InChI is InChI=1S/C25H30N2O4/c1-4-26-10-12-27(13-11-26)20-7-5-18(6-8-20)15-19-9-14-31-23-17-21(29-2)16-22(30-3)24(23)25(19)28/h5-8,15-17H,4,9-14H2,1-3H3/b19-15+. The van der Waals surface area contributed by atoms with Crippen LogP contribution in [0.5, 0.6) is 17.2 Å². The number of fused-ring (bicyclic) bond motifs is 1. The minimum absolute atomic E-state index is 0.0632. The number of methoxy groups -OCH3 is 2. The lowest BCUT2D eigenvalue weighted by Gasteiger charge is -2.35. The number of hydrogen-bond acceptors (Lipinski definition) is 6. The molecule has 0 radical (unpaired) electrons. The van der Waals surface area contributed by atoms with Gasteiger partial charge in [-0.15, -0.1) is 0 Å². The van der Waals surface area contributed by atoms with Crippen molar-refractivity contribution in [2.45, 2.75) is 13.3 Å². The zero-order valence-corrected chi connectivity index (χ0v) is 18.5. The van der Waals surface area contributed by atoms with E-state index in [0.29, 0.717) is 41.4 Å². The van der Waals surface area contributed by atoms with E-state index in [9.17, 15) is 4.79 Å². The largest absolute Gasteiger partial charge is 0.496 e. The minimum Gasteiger partial charge on any atom is -0.496 e. The second kappa shape index (κ2) is 9.43. The number of carbonyl (C=O) groups excluding carboxylic acids is 1. The second-order valence-corrected chi connectivity index (χ2v) is 7.81. The summed E-state index contributed by atoms with van der Waals surface area (Å²) in [5.74, 6) is 1.51. The molecule has 0 aromatic heterocycles. The molecule has 2 aliphatic heterocycles. The Balaban J connectivity index is 1.56. The van der Waals surface area contributed by atoms with E-state index in [-0.39, 0.29) is 5.78 Å². The van der Waals surface area contributed by atoms with Crippen LogP contribution in [0, 0.1) is 0 Å². The van der Waals surface area contributed by atoms with Gasteiger partial charge in [0.1, 0.15) is 22.8 Å². The molecule has 0 amide bonds. The summed E-state index contributed by atoms with van der Waals surface area (Å²) in [7, 11) is 3.13. The molecule has 0 aliphatic carbocycles. The molecular weight excluding hydrogens is 392 g/mol. The van der Waals surface area contributed by atoms with Crippen molar-refractivity contribution < 1.29 is 19.0 Å². The number of piperazine rings is 1. The molecule has 0 atom stereocenters. The first-order chi connectivity index (χ1) is 15.1. The van der Waals surface area contributed by atoms with E-state index in [0.717, 1.165) is 38.3 Å². The molecule has 164 valence electrons. The maximum Gasteiger partial charge on any atom is 0.196 e. The van der Waals surface area contributed by atoms with Crippen molar-refractivity contribution in [1.29, 1.82) is 0 Å². The molecule has 0 bridgehead atoms. The number of ether oxygens (including phenoxy) is 3. The SMILES string of the molecule is CCN1CCN(c2ccc(/C=C3\CCOc4cc(OC)cc(OC)c4C3=O)cc2)CC1. The number of Topliss-reactive ketones (excluding diaryl/α,β-unsaturated/α-hetero) is 1. The molecule has 2 heterocycles. The van der Waals surface area contributed by atoms with Crippen LogP contribution in [0.25, 0.3) is 6.08 Å². The molecule has 2 aliphatic rings. The average Bonchev–Trinajstić information content (AvgIpc) is 2.97. The van der Waals surface area contributed by atoms with E-state index in [4.69, 9.17) is 14.2 Å². The van der Waals surface area contributed by atoms with E-state index in [2.05, 4.69) is 41.0 Å². The smallest absolute Gasteiger partial charge is 0.196 e. The molecule has 6 heteroatoms. The van der Waals surface area contributed by atoms with Crippen LogP contribution in [0.2, 0.25) is 0 Å². The Morgan fingerprint density at radius 1 is 1.03 bits per heavy atom. The zero-order valence-electron chi connectivity index (χ0n) is 18.5. The molecule has 1 saturated heterocycles. The topological polar surface area (TPSA) is 51.2 Å². The fraction of sp³-hybridized carbons (Fsp3) is 0.400. The van der Waals surface area contributed by atoms with E-state index < -0.39 is 0 Å². The highest BCUT2D eigenvalue weighted by atomic mass is 16.5. The molecule has 0 N–H and O–H groups in total. The maximum atomic E-state index is 13.3. The normalized spacial score (nSPS) is 18.4. The molecule has 0 saturated carbocycles. The maximum absolute atomic E-state index is 13.3. The van der Waals surface area contributed by atoms with Gasteiger partial charge in [0.15, 0.2) is 5.78 Å². The van der Waals surface area contributed by atoms with Gasteiger partial charge in [0.05, 0.1) is 20.8 Å². The highest BCUT2D eigenvalue weighted by molar-refractivity contribution is 6.15. The molecule has 0 unspecified atom stereocenters. The Morgan fingerprint density at radius 3 is 2.42 bits per heavy atom. The van der Waals surface area contributed by atoms with E-state index >= 15 is 0 Å². The molecule has 31 heavy (non-hydrogen) atoms. The number of carbonyl (C=O) groups is 1. The average molecular weight is 423 g/mol. The lowest BCUT2D eigenvalue weighted by Crippen LogP contribution is -2.46. The van der Waals surface area contributed by atoms with Crippen molar-refractivity contribution in [3.8, 4) is 17.2 Å². The number of anilines is 1. The monoisotopic (exact) mass is 422 g/mol. The Hall–Kier alpha value is -2.99. The number of benzene rings is 2. The van der Waals surface area contributed by atoms with Gasteiger partial charge in [0.25, 0.3) is 0 Å². The van der Waals surface area contributed by atoms with Gasteiger partial charge in [-0.25, -0.2) is 0 Å². The Bertz CT molecular complexity index is 960. The molecule has 6 nitrogen and oxygen atoms in total. The summed E-state index contributed by atoms with van der Waals surface area (Å²) in [6, 6.07) is 11.9. The fourth-order valence-electron chi connectivity index (χ4n) is 4.17. The van der Waals surface area contributed by atoms with Crippen LogP contribution < -0.4 is 19.1 Å². The Morgan fingerprint density at radius 2 is 1.77 bits per heavy atom. The van der Waals surface area contributed by atoms with E-state index in [1.165, 1.54) is 5.69 Å². The van der Waals surface area contributed by atoms with Crippen molar-refractivity contribution >= 4 is 17.5 Å². The van der Waals surface area contributed by atoms with Crippen molar-refractivity contribution in [1.82, 2.24) is 4.90 Å². The fourth-order valence-corrected chi connectivity index (χ4v) is 4.17. The van der Waals surface area contributed by atoms with Gasteiger partial charge in [0.2, 0.25) is 0 Å². The second-order valence-electron chi connectivity index (χ2n) is 7.81. The van der Waals surface area contributed by atoms with Gasteiger partial charge in [-0.1, -0.05) is 19.1 Å². The highest BCUT2D eigenvalue weighted by Gasteiger charge is 2.26. The summed E-state index contributed by atoms with van der Waals surface area (Å²) < 4.78 is 16.6. The summed E-state index contributed by atoms with van der Waals surface area (Å²) in [4.78, 5) is 18.2. The van der Waals surface area contributed by atoms with Crippen LogP contribution in [0.3, 0.4) is 0 Å². The first kappa shape index (κ1) is 21.2. The van der Waals surface area contributed by atoms with Crippen molar-refractivity contribution in [2.24, 2.45) is 0 Å². The van der Waals surface area contributed by atoms with Gasteiger partial charge in [0, 0.05) is 56.0 Å². The predicted octanol–water partition coefficient (Wildman–Crippen LogP) is 3.89. The van der Waals surface area contributed by atoms with Gasteiger partial charge in [-0.3, -0.25) is 4.79 Å². The lowest BCUT2D eigenvalue weighted by molar-refractivity contribution is 0.103. The predicted molar refractivity (Wildman–Crippen MR) is 123 cm³/mol. The van der Waals surface area contributed by atoms with Crippen molar-refractivity contribution in [3.05, 3.63) is 53.1 Å². The number of ketones is 1. The van der Waals surface area contributed by atoms with Crippen LogP contribution in [0.1, 0.15) is 29.3 Å². The first-order valence-electron chi connectivity index (χ1n) is 10.8. The number of likely N-dealkylation sites (N-methyl/N-ethyl adjacent to an activating group) is 1. The first-order valence-corrected chi connectivity index (χ1v) is 10.8.